The molecule has 0 bridgehead atoms. The molecule has 9 heteroatoms. The lowest BCUT2D eigenvalue weighted by Gasteiger charge is -2.36. The number of hydrogen-bond donors (Lipinski definition) is 2. The number of nitrogens with one attached hydrogen (secondary N) is 2. The van der Waals surface area contributed by atoms with Gasteiger partial charge < -0.3 is 19.9 Å². The fourth-order valence-corrected chi connectivity index (χ4v) is 4.02. The van der Waals surface area contributed by atoms with E-state index in [4.69, 9.17) is 4.74 Å². The van der Waals surface area contributed by atoms with E-state index in [1.165, 1.54) is 6.20 Å². The summed E-state index contributed by atoms with van der Waals surface area (Å²) in [6.07, 6.45) is 3.45. The Kier molecular flexibility index (Phi) is 7.99. The predicted molar refractivity (Wildman–Crippen MR) is 137 cm³/mol. The van der Waals surface area contributed by atoms with Crippen LogP contribution >= 0.6 is 0 Å². The number of aryl methyl sites for hydroxylation is 1. The lowest BCUT2D eigenvalue weighted by Crippen LogP contribution is -2.44. The molecule has 35 heavy (non-hydrogen) atoms. The summed E-state index contributed by atoms with van der Waals surface area (Å²) < 4.78 is 5.24. The van der Waals surface area contributed by atoms with Crippen molar-refractivity contribution in [2.24, 2.45) is 0 Å². The minimum atomic E-state index is -0.713. The Bertz CT molecular complexity index is 1090. The highest BCUT2D eigenvalue weighted by Crippen LogP contribution is 2.32. The highest BCUT2D eigenvalue weighted by atomic mass is 16.6. The van der Waals surface area contributed by atoms with Crippen molar-refractivity contribution in [1.29, 1.82) is 0 Å². The van der Waals surface area contributed by atoms with Crippen molar-refractivity contribution in [3.63, 3.8) is 0 Å². The maximum Gasteiger partial charge on any atom is 0.413 e. The number of likely N-dealkylation sites (tertiary alicyclic amines) is 1. The second kappa shape index (κ2) is 10.8. The molecule has 9 nitrogen and oxygen atoms in total. The van der Waals surface area contributed by atoms with E-state index < -0.39 is 23.5 Å². The van der Waals surface area contributed by atoms with Crippen molar-refractivity contribution in [2.45, 2.75) is 58.6 Å². The van der Waals surface area contributed by atoms with Gasteiger partial charge in [-0.3, -0.25) is 14.9 Å². The number of amides is 3. The topological polar surface area (TPSA) is 104 Å². The van der Waals surface area contributed by atoms with Crippen LogP contribution < -0.4 is 15.5 Å². The normalized spacial score (nSPS) is 15.8. The Hall–Kier alpha value is -3.62. The number of ether oxygens (including phenoxy) is 1. The number of rotatable bonds is 4. The van der Waals surface area contributed by atoms with E-state index in [0.29, 0.717) is 23.6 Å². The zero-order chi connectivity index (χ0) is 25.8. The molecular weight excluding hydrogens is 446 g/mol. The molecule has 1 aliphatic heterocycles. The number of carbonyl (C=O) groups excluding carboxylic acids is 3. The summed E-state index contributed by atoms with van der Waals surface area (Å²) in [6.45, 7) is 7.59. The molecule has 1 atom stereocenters. The Morgan fingerprint density at radius 1 is 1.11 bits per heavy atom. The highest BCUT2D eigenvalue weighted by molar-refractivity contribution is 6.39. The van der Waals surface area contributed by atoms with E-state index >= 15 is 0 Å². The molecule has 0 radical (unpaired) electrons. The van der Waals surface area contributed by atoms with Crippen LogP contribution in [0.5, 0.6) is 0 Å². The summed E-state index contributed by atoms with van der Waals surface area (Å²) in [5.41, 5.74) is 2.43. The number of aromatic nitrogens is 1. The third kappa shape index (κ3) is 6.94. The molecule has 2 N–H and O–H groups in total. The van der Waals surface area contributed by atoms with E-state index in [0.717, 1.165) is 30.5 Å². The van der Waals surface area contributed by atoms with Gasteiger partial charge in [0.25, 0.3) is 0 Å². The van der Waals surface area contributed by atoms with Gasteiger partial charge in [-0.1, -0.05) is 12.1 Å². The largest absolute Gasteiger partial charge is 0.444 e. The van der Waals surface area contributed by atoms with Crippen LogP contribution in [-0.4, -0.2) is 54.0 Å². The molecule has 1 aromatic heterocycles. The molecule has 0 spiro atoms. The van der Waals surface area contributed by atoms with Gasteiger partial charge in [-0.15, -0.1) is 0 Å². The quantitative estimate of drug-likeness (QED) is 0.624. The van der Waals surface area contributed by atoms with Crippen LogP contribution in [-0.2, 0) is 14.3 Å². The molecule has 188 valence electrons. The number of anilines is 3. The van der Waals surface area contributed by atoms with Gasteiger partial charge in [0, 0.05) is 26.3 Å². The fourth-order valence-electron chi connectivity index (χ4n) is 4.02. The summed E-state index contributed by atoms with van der Waals surface area (Å²) in [6, 6.07) is 9.56. The van der Waals surface area contributed by atoms with Crippen molar-refractivity contribution in [3.05, 3.63) is 47.7 Å². The molecular formula is C26H35N5O4. The number of carbonyl (C=O) groups is 3. The molecule has 3 rings (SSSR count). The third-order valence-corrected chi connectivity index (χ3v) is 5.68. The maximum atomic E-state index is 13.1. The zero-order valence-corrected chi connectivity index (χ0v) is 21.3. The van der Waals surface area contributed by atoms with Crippen molar-refractivity contribution < 1.29 is 19.1 Å². The first-order valence-corrected chi connectivity index (χ1v) is 11.8. The number of nitrogens with zero attached hydrogens (tertiary/aromatic N) is 3. The second-order valence-electron chi connectivity index (χ2n) is 9.97. The van der Waals surface area contributed by atoms with Gasteiger partial charge in [-0.05, 0) is 76.3 Å². The standard InChI is InChI=1S/C26H35N5O4/c1-17-14-19(16-27-22(17)29-25(34)35-26(2,3)4)28-23(32)24(33)31-13-8-7-12-21(31)18-10-9-11-20(15-18)30(5)6/h9-11,14-16,21H,7-8,12-13H2,1-6H3,(H,28,32)(H,27,29,34)/t21-/m0/s1. The molecule has 1 aliphatic rings. The van der Waals surface area contributed by atoms with Gasteiger partial charge in [0.1, 0.15) is 11.4 Å². The number of pyridine rings is 1. The lowest BCUT2D eigenvalue weighted by molar-refractivity contribution is -0.145. The van der Waals surface area contributed by atoms with E-state index in [1.807, 2.05) is 37.2 Å². The number of hydrogen-bond acceptors (Lipinski definition) is 6. The Morgan fingerprint density at radius 2 is 1.86 bits per heavy atom. The molecule has 1 aromatic carbocycles. The first-order chi connectivity index (χ1) is 16.4. The van der Waals surface area contributed by atoms with Gasteiger partial charge in [0.15, 0.2) is 0 Å². The van der Waals surface area contributed by atoms with Crippen molar-refractivity contribution in [3.8, 4) is 0 Å². The molecule has 2 heterocycles. The second-order valence-corrected chi connectivity index (χ2v) is 9.97. The Labute approximate surface area is 206 Å². The average Bonchev–Trinajstić information content (AvgIpc) is 2.79. The van der Waals surface area contributed by atoms with Crippen LogP contribution in [0.2, 0.25) is 0 Å². The monoisotopic (exact) mass is 481 g/mol. The minimum Gasteiger partial charge on any atom is -0.444 e. The molecule has 0 unspecified atom stereocenters. The van der Waals surface area contributed by atoms with Crippen LogP contribution in [0.1, 0.15) is 57.2 Å². The highest BCUT2D eigenvalue weighted by Gasteiger charge is 2.32. The molecule has 2 aromatic rings. The van der Waals surface area contributed by atoms with Crippen LogP contribution in [0.25, 0.3) is 0 Å². The van der Waals surface area contributed by atoms with E-state index in [9.17, 15) is 14.4 Å². The van der Waals surface area contributed by atoms with Crippen LogP contribution in [0.3, 0.4) is 0 Å². The lowest BCUT2D eigenvalue weighted by atomic mass is 9.94. The fraction of sp³-hybridized carbons (Fsp3) is 0.462. The van der Waals surface area contributed by atoms with Crippen molar-refractivity contribution in [1.82, 2.24) is 9.88 Å². The Balaban J connectivity index is 1.70. The van der Waals surface area contributed by atoms with Gasteiger partial charge in [0.05, 0.1) is 17.9 Å². The number of piperidine rings is 1. The molecule has 0 aliphatic carbocycles. The zero-order valence-electron chi connectivity index (χ0n) is 21.3. The Morgan fingerprint density at radius 3 is 2.51 bits per heavy atom. The first-order valence-electron chi connectivity index (χ1n) is 11.8. The van der Waals surface area contributed by atoms with Gasteiger partial charge >= 0.3 is 17.9 Å². The summed E-state index contributed by atoms with van der Waals surface area (Å²) in [7, 11) is 3.95. The number of benzene rings is 1. The molecule has 3 amide bonds. The van der Waals surface area contributed by atoms with Gasteiger partial charge in [0.2, 0.25) is 0 Å². The molecule has 1 fully saturated rings. The maximum absolute atomic E-state index is 13.1. The summed E-state index contributed by atoms with van der Waals surface area (Å²) in [5, 5.41) is 5.25. The van der Waals surface area contributed by atoms with Crippen LogP contribution in [0.4, 0.5) is 22.0 Å². The summed E-state index contributed by atoms with van der Waals surface area (Å²) in [5.74, 6) is -0.964. The van der Waals surface area contributed by atoms with Crippen LogP contribution in [0, 0.1) is 6.92 Å². The van der Waals surface area contributed by atoms with Crippen molar-refractivity contribution >= 4 is 35.1 Å². The average molecular weight is 482 g/mol. The molecule has 1 saturated heterocycles. The smallest absolute Gasteiger partial charge is 0.413 e. The van der Waals surface area contributed by atoms with Gasteiger partial charge in [-0.25, -0.2) is 9.78 Å². The van der Waals surface area contributed by atoms with Crippen LogP contribution in [0.15, 0.2) is 36.5 Å². The third-order valence-electron chi connectivity index (χ3n) is 5.68. The van der Waals surface area contributed by atoms with Crippen molar-refractivity contribution in [2.75, 3.05) is 36.2 Å². The van der Waals surface area contributed by atoms with Gasteiger partial charge in [-0.2, -0.15) is 0 Å². The summed E-state index contributed by atoms with van der Waals surface area (Å²) >= 11 is 0. The minimum absolute atomic E-state index is 0.151. The van der Waals surface area contributed by atoms with E-state index in [-0.39, 0.29) is 6.04 Å². The molecule has 0 saturated carbocycles. The SMILES string of the molecule is Cc1cc(NC(=O)C(=O)N2CCCC[C@H]2c2cccc(N(C)C)c2)cnc1NC(=O)OC(C)(C)C. The summed E-state index contributed by atoms with van der Waals surface area (Å²) in [4.78, 5) is 45.9. The predicted octanol–water partition coefficient (Wildman–Crippen LogP) is 4.50. The first kappa shape index (κ1) is 26.0. The van der Waals surface area contributed by atoms with E-state index in [1.54, 1.807) is 38.7 Å². The van der Waals surface area contributed by atoms with E-state index in [2.05, 4.69) is 21.7 Å².